The minimum absolute atomic E-state index is 0.240. The van der Waals surface area contributed by atoms with Gasteiger partial charge in [-0.05, 0) is 44.9 Å². The molecule has 0 saturated carbocycles. The van der Waals surface area contributed by atoms with E-state index >= 15 is 0 Å². The van der Waals surface area contributed by atoms with Gasteiger partial charge in [-0.3, -0.25) is 5.10 Å². The van der Waals surface area contributed by atoms with Crippen LogP contribution >= 0.6 is 0 Å². The van der Waals surface area contributed by atoms with Crippen molar-refractivity contribution in [2.45, 2.75) is 39.1 Å². The van der Waals surface area contributed by atoms with Gasteiger partial charge in [-0.1, -0.05) is 12.1 Å². The van der Waals surface area contributed by atoms with Gasteiger partial charge < -0.3 is 0 Å². The Bertz CT molecular complexity index is 713. The number of benzene rings is 1. The van der Waals surface area contributed by atoms with Gasteiger partial charge in [0.1, 0.15) is 0 Å². The van der Waals surface area contributed by atoms with E-state index in [1.54, 1.807) is 13.0 Å². The Hall–Kier alpha value is -1.66. The van der Waals surface area contributed by atoms with Crippen molar-refractivity contribution in [3.8, 4) is 0 Å². The molecule has 0 aliphatic carbocycles. The minimum atomic E-state index is -3.51. The van der Waals surface area contributed by atoms with Crippen molar-refractivity contribution in [1.82, 2.24) is 14.9 Å². The summed E-state index contributed by atoms with van der Waals surface area (Å²) in [7, 11) is -3.51. The van der Waals surface area contributed by atoms with Crippen molar-refractivity contribution < 1.29 is 8.42 Å². The van der Waals surface area contributed by atoms with Crippen LogP contribution in [-0.2, 0) is 16.6 Å². The number of hydrogen-bond acceptors (Lipinski definition) is 3. The molecule has 6 heteroatoms. The topological polar surface area (TPSA) is 74.8 Å². The first-order valence-corrected chi connectivity index (χ1v) is 7.87. The van der Waals surface area contributed by atoms with E-state index < -0.39 is 10.0 Å². The van der Waals surface area contributed by atoms with Crippen molar-refractivity contribution >= 4 is 10.0 Å². The average Bonchev–Trinajstić information content (AvgIpc) is 2.69. The molecule has 1 heterocycles. The highest BCUT2D eigenvalue weighted by Gasteiger charge is 2.18. The number of nitrogens with one attached hydrogen (secondary N) is 2. The van der Waals surface area contributed by atoms with Crippen molar-refractivity contribution in [3.63, 3.8) is 0 Å². The van der Waals surface area contributed by atoms with Gasteiger partial charge in [0, 0.05) is 17.8 Å². The quantitative estimate of drug-likeness (QED) is 0.906. The van der Waals surface area contributed by atoms with E-state index in [4.69, 9.17) is 0 Å². The Morgan fingerprint density at radius 2 is 1.90 bits per heavy atom. The van der Waals surface area contributed by atoms with Crippen LogP contribution in [0.5, 0.6) is 0 Å². The molecule has 0 bridgehead atoms. The zero-order chi connectivity index (χ0) is 14.9. The molecule has 1 aromatic heterocycles. The Balaban J connectivity index is 2.26. The van der Waals surface area contributed by atoms with Gasteiger partial charge in [0.05, 0.1) is 10.6 Å². The molecule has 0 saturated heterocycles. The number of aryl methyl sites for hydroxylation is 4. The summed E-state index contributed by atoms with van der Waals surface area (Å²) in [4.78, 5) is 0.330. The fraction of sp³-hybridized carbons (Fsp3) is 0.357. The lowest BCUT2D eigenvalue weighted by atomic mass is 10.2. The van der Waals surface area contributed by atoms with Gasteiger partial charge in [0.2, 0.25) is 10.0 Å². The van der Waals surface area contributed by atoms with Crippen molar-refractivity contribution in [2.75, 3.05) is 0 Å². The summed E-state index contributed by atoms with van der Waals surface area (Å²) in [5.74, 6) is 0. The van der Waals surface area contributed by atoms with E-state index in [2.05, 4.69) is 14.9 Å². The maximum absolute atomic E-state index is 12.4. The maximum Gasteiger partial charge on any atom is 0.241 e. The van der Waals surface area contributed by atoms with Crippen molar-refractivity contribution in [2.24, 2.45) is 0 Å². The Morgan fingerprint density at radius 1 is 1.20 bits per heavy atom. The minimum Gasteiger partial charge on any atom is -0.282 e. The highest BCUT2D eigenvalue weighted by atomic mass is 32.2. The Labute approximate surface area is 119 Å². The zero-order valence-electron chi connectivity index (χ0n) is 12.1. The number of aromatic amines is 1. The standard InChI is InChI=1S/C14H19N3O2S/c1-9-5-6-10(2)14(7-9)20(18,19)15-8-13-11(3)16-17-12(13)4/h5-7,15H,8H2,1-4H3,(H,16,17). The molecule has 0 aliphatic heterocycles. The number of rotatable bonds is 4. The second kappa shape index (κ2) is 5.38. The lowest BCUT2D eigenvalue weighted by Gasteiger charge is -2.10. The van der Waals surface area contributed by atoms with Gasteiger partial charge in [-0.2, -0.15) is 5.10 Å². The molecule has 20 heavy (non-hydrogen) atoms. The fourth-order valence-electron chi connectivity index (χ4n) is 2.08. The van der Waals surface area contributed by atoms with Crippen LogP contribution in [-0.4, -0.2) is 18.6 Å². The molecule has 0 atom stereocenters. The van der Waals surface area contributed by atoms with Crippen LogP contribution in [0.25, 0.3) is 0 Å². The number of hydrogen-bond donors (Lipinski definition) is 2. The number of aromatic nitrogens is 2. The van der Waals surface area contributed by atoms with E-state index in [0.29, 0.717) is 4.90 Å². The van der Waals surface area contributed by atoms with Gasteiger partial charge in [-0.25, -0.2) is 13.1 Å². The summed E-state index contributed by atoms with van der Waals surface area (Å²) in [6.07, 6.45) is 0. The molecule has 0 fully saturated rings. The van der Waals surface area contributed by atoms with Crippen LogP contribution < -0.4 is 4.72 Å². The van der Waals surface area contributed by atoms with Crippen LogP contribution in [0.3, 0.4) is 0 Å². The second-order valence-corrected chi connectivity index (χ2v) is 6.74. The van der Waals surface area contributed by atoms with Crippen molar-refractivity contribution in [1.29, 1.82) is 0 Å². The molecule has 0 aliphatic rings. The summed E-state index contributed by atoms with van der Waals surface area (Å²) < 4.78 is 27.4. The summed E-state index contributed by atoms with van der Waals surface area (Å²) in [6, 6.07) is 5.41. The van der Waals surface area contributed by atoms with Crippen LogP contribution in [0.15, 0.2) is 23.1 Å². The monoisotopic (exact) mass is 293 g/mol. The third kappa shape index (κ3) is 2.91. The number of H-pyrrole nitrogens is 1. The van der Waals surface area contributed by atoms with Crippen LogP contribution in [0.4, 0.5) is 0 Å². The van der Waals surface area contributed by atoms with E-state index in [9.17, 15) is 8.42 Å². The SMILES string of the molecule is Cc1ccc(C)c(S(=O)(=O)NCc2c(C)n[nH]c2C)c1. The smallest absolute Gasteiger partial charge is 0.241 e. The predicted molar refractivity (Wildman–Crippen MR) is 78.0 cm³/mol. The lowest BCUT2D eigenvalue weighted by Crippen LogP contribution is -2.24. The van der Waals surface area contributed by atoms with Crippen LogP contribution in [0.2, 0.25) is 0 Å². The lowest BCUT2D eigenvalue weighted by molar-refractivity contribution is 0.580. The first-order chi connectivity index (χ1) is 9.31. The molecule has 0 radical (unpaired) electrons. The van der Waals surface area contributed by atoms with Gasteiger partial charge in [-0.15, -0.1) is 0 Å². The van der Waals surface area contributed by atoms with Crippen LogP contribution in [0.1, 0.15) is 28.1 Å². The molecule has 2 rings (SSSR count). The molecular formula is C14H19N3O2S. The summed E-state index contributed by atoms with van der Waals surface area (Å²) in [6.45, 7) is 7.64. The maximum atomic E-state index is 12.4. The normalized spacial score (nSPS) is 11.8. The van der Waals surface area contributed by atoms with E-state index in [1.807, 2.05) is 32.9 Å². The summed E-state index contributed by atoms with van der Waals surface area (Å²) >= 11 is 0. The molecule has 2 N–H and O–H groups in total. The molecule has 108 valence electrons. The Morgan fingerprint density at radius 3 is 2.50 bits per heavy atom. The zero-order valence-corrected chi connectivity index (χ0v) is 12.9. The number of sulfonamides is 1. The second-order valence-electron chi connectivity index (χ2n) is 5.01. The molecule has 0 amide bonds. The highest BCUT2D eigenvalue weighted by molar-refractivity contribution is 7.89. The van der Waals surface area contributed by atoms with Gasteiger partial charge in [0.25, 0.3) is 0 Å². The third-order valence-electron chi connectivity index (χ3n) is 3.35. The summed E-state index contributed by atoms with van der Waals surface area (Å²) in [5, 5.41) is 6.91. The summed E-state index contributed by atoms with van der Waals surface area (Å²) in [5.41, 5.74) is 4.24. The van der Waals surface area contributed by atoms with Gasteiger partial charge in [0.15, 0.2) is 0 Å². The van der Waals surface area contributed by atoms with Gasteiger partial charge >= 0.3 is 0 Å². The van der Waals surface area contributed by atoms with E-state index in [0.717, 1.165) is 28.1 Å². The van der Waals surface area contributed by atoms with Crippen LogP contribution in [0, 0.1) is 27.7 Å². The average molecular weight is 293 g/mol. The highest BCUT2D eigenvalue weighted by Crippen LogP contribution is 2.17. The first kappa shape index (κ1) is 14.7. The molecule has 1 aromatic carbocycles. The first-order valence-electron chi connectivity index (χ1n) is 6.38. The predicted octanol–water partition coefficient (Wildman–Crippen LogP) is 2.12. The van der Waals surface area contributed by atoms with E-state index in [-0.39, 0.29) is 6.54 Å². The fourth-order valence-corrected chi connectivity index (χ4v) is 3.40. The Kier molecular flexibility index (Phi) is 3.96. The van der Waals surface area contributed by atoms with E-state index in [1.165, 1.54) is 0 Å². The van der Waals surface area contributed by atoms with Crippen molar-refractivity contribution in [3.05, 3.63) is 46.3 Å². The molecule has 2 aromatic rings. The molecule has 0 spiro atoms. The molecule has 0 unspecified atom stereocenters. The third-order valence-corrected chi connectivity index (χ3v) is 4.90. The molecular weight excluding hydrogens is 274 g/mol. The molecule has 5 nitrogen and oxygen atoms in total. The number of nitrogens with zero attached hydrogens (tertiary/aromatic N) is 1. The largest absolute Gasteiger partial charge is 0.282 e.